The lowest BCUT2D eigenvalue weighted by molar-refractivity contribution is -0.117. The molecule has 0 spiro atoms. The zero-order valence-corrected chi connectivity index (χ0v) is 18.7. The number of anilines is 3. The third-order valence-electron chi connectivity index (χ3n) is 4.63. The van der Waals surface area contributed by atoms with Gasteiger partial charge >= 0.3 is 0 Å². The summed E-state index contributed by atoms with van der Waals surface area (Å²) < 4.78 is 5.20. The van der Waals surface area contributed by atoms with E-state index in [1.165, 1.54) is 0 Å². The van der Waals surface area contributed by atoms with Crippen LogP contribution in [0.1, 0.15) is 36.4 Å². The molecule has 33 heavy (non-hydrogen) atoms. The number of carbonyl (C=O) groups is 3. The molecule has 4 N–H and O–H groups in total. The Morgan fingerprint density at radius 1 is 0.848 bits per heavy atom. The first kappa shape index (κ1) is 23.6. The molecule has 0 aliphatic carbocycles. The number of furan rings is 1. The van der Waals surface area contributed by atoms with Gasteiger partial charge in [0.25, 0.3) is 5.91 Å². The molecule has 3 rings (SSSR count). The number of hydrogen-bond acceptors (Lipinski definition) is 5. The summed E-state index contributed by atoms with van der Waals surface area (Å²) in [6.07, 6.45) is 2.01. The van der Waals surface area contributed by atoms with Gasteiger partial charge in [0.1, 0.15) is 5.76 Å². The van der Waals surface area contributed by atoms with E-state index in [9.17, 15) is 14.4 Å². The number of hydrogen-bond donors (Lipinski definition) is 4. The smallest absolute Gasteiger partial charge is 0.251 e. The van der Waals surface area contributed by atoms with Crippen LogP contribution in [0.25, 0.3) is 0 Å². The van der Waals surface area contributed by atoms with Gasteiger partial charge in [-0.3, -0.25) is 14.4 Å². The lowest BCUT2D eigenvalue weighted by Crippen LogP contribution is -2.24. The number of amides is 3. The molecule has 0 bridgehead atoms. The second-order valence-electron chi connectivity index (χ2n) is 7.97. The van der Waals surface area contributed by atoms with Gasteiger partial charge in [-0.25, -0.2) is 0 Å². The van der Waals surface area contributed by atoms with Crippen LogP contribution in [0.4, 0.5) is 17.1 Å². The van der Waals surface area contributed by atoms with E-state index in [4.69, 9.17) is 4.42 Å². The minimum Gasteiger partial charge on any atom is -0.467 e. The minimum atomic E-state index is -0.263. The predicted octanol–water partition coefficient (Wildman–Crippen LogP) is 4.24. The lowest BCUT2D eigenvalue weighted by atomic mass is 10.1. The summed E-state index contributed by atoms with van der Waals surface area (Å²) in [5.41, 5.74) is 2.41. The van der Waals surface area contributed by atoms with Crippen molar-refractivity contribution in [2.24, 2.45) is 5.92 Å². The van der Waals surface area contributed by atoms with Crippen LogP contribution in [-0.4, -0.2) is 24.3 Å². The van der Waals surface area contributed by atoms with E-state index in [2.05, 4.69) is 21.3 Å². The van der Waals surface area contributed by atoms with Gasteiger partial charge in [-0.1, -0.05) is 19.9 Å². The molecular weight excluding hydrogens is 420 g/mol. The van der Waals surface area contributed by atoms with E-state index in [1.54, 1.807) is 66.9 Å². The van der Waals surface area contributed by atoms with E-state index in [-0.39, 0.29) is 30.8 Å². The maximum Gasteiger partial charge on any atom is 0.251 e. The van der Waals surface area contributed by atoms with Crippen molar-refractivity contribution in [2.45, 2.75) is 26.8 Å². The second kappa shape index (κ2) is 11.5. The quantitative estimate of drug-likeness (QED) is 0.371. The molecule has 1 heterocycles. The Hall–Kier alpha value is -4.07. The van der Waals surface area contributed by atoms with Crippen molar-refractivity contribution >= 4 is 34.8 Å². The summed E-state index contributed by atoms with van der Waals surface area (Å²) in [5.74, 6) is 0.409. The van der Waals surface area contributed by atoms with Gasteiger partial charge in [-0.05, 0) is 60.5 Å². The van der Waals surface area contributed by atoms with E-state index in [0.717, 1.165) is 5.69 Å². The molecule has 0 aliphatic rings. The highest BCUT2D eigenvalue weighted by Crippen LogP contribution is 2.15. The Balaban J connectivity index is 1.46. The summed E-state index contributed by atoms with van der Waals surface area (Å²) >= 11 is 0. The van der Waals surface area contributed by atoms with Crippen LogP contribution in [0.5, 0.6) is 0 Å². The molecule has 172 valence electrons. The SMILES string of the molecule is CC(C)CC(=O)Nc1ccc(NCC(=O)Nc2cccc(C(=O)NCc3ccco3)c2)cc1. The summed E-state index contributed by atoms with van der Waals surface area (Å²) in [7, 11) is 0. The molecule has 0 radical (unpaired) electrons. The molecule has 1 aromatic heterocycles. The highest BCUT2D eigenvalue weighted by atomic mass is 16.3. The van der Waals surface area contributed by atoms with Crippen molar-refractivity contribution in [3.63, 3.8) is 0 Å². The minimum absolute atomic E-state index is 0.0260. The van der Waals surface area contributed by atoms with Crippen molar-refractivity contribution in [3.8, 4) is 0 Å². The maximum absolute atomic E-state index is 12.3. The average molecular weight is 449 g/mol. The zero-order valence-electron chi connectivity index (χ0n) is 18.7. The standard InChI is InChI=1S/C25H28N4O4/c1-17(2)13-23(30)28-20-10-8-19(9-11-20)26-16-24(31)29-21-6-3-5-18(14-21)25(32)27-15-22-7-4-12-33-22/h3-12,14,17,26H,13,15-16H2,1-2H3,(H,27,32)(H,28,30)(H,29,31). The fourth-order valence-electron chi connectivity index (χ4n) is 3.06. The van der Waals surface area contributed by atoms with Crippen molar-refractivity contribution in [1.82, 2.24) is 5.32 Å². The fraction of sp³-hybridized carbons (Fsp3) is 0.240. The Morgan fingerprint density at radius 3 is 2.27 bits per heavy atom. The number of benzene rings is 2. The van der Waals surface area contributed by atoms with Crippen LogP contribution in [-0.2, 0) is 16.1 Å². The van der Waals surface area contributed by atoms with Crippen molar-refractivity contribution in [1.29, 1.82) is 0 Å². The number of carbonyl (C=O) groups excluding carboxylic acids is 3. The fourth-order valence-corrected chi connectivity index (χ4v) is 3.06. The third kappa shape index (κ3) is 7.84. The van der Waals surface area contributed by atoms with Crippen LogP contribution in [0.15, 0.2) is 71.3 Å². The molecule has 8 nitrogen and oxygen atoms in total. The summed E-state index contributed by atoms with van der Waals surface area (Å²) in [4.78, 5) is 36.5. The molecule has 0 unspecified atom stereocenters. The van der Waals surface area contributed by atoms with Gasteiger partial charge in [0.2, 0.25) is 11.8 Å². The first-order valence-corrected chi connectivity index (χ1v) is 10.7. The topological polar surface area (TPSA) is 112 Å². The third-order valence-corrected chi connectivity index (χ3v) is 4.63. The molecule has 3 amide bonds. The molecule has 0 saturated carbocycles. The van der Waals surface area contributed by atoms with Crippen molar-refractivity contribution in [2.75, 3.05) is 22.5 Å². The monoisotopic (exact) mass is 448 g/mol. The maximum atomic E-state index is 12.3. The number of rotatable bonds is 10. The van der Waals surface area contributed by atoms with Crippen LogP contribution >= 0.6 is 0 Å². The van der Waals surface area contributed by atoms with Crippen LogP contribution in [0.3, 0.4) is 0 Å². The van der Waals surface area contributed by atoms with E-state index < -0.39 is 0 Å². The molecule has 0 fully saturated rings. The molecule has 3 aromatic rings. The van der Waals surface area contributed by atoms with Crippen LogP contribution < -0.4 is 21.3 Å². The Labute approximate surface area is 192 Å². The highest BCUT2D eigenvalue weighted by Gasteiger charge is 2.09. The van der Waals surface area contributed by atoms with Crippen molar-refractivity contribution < 1.29 is 18.8 Å². The molecule has 2 aromatic carbocycles. The Kier molecular flexibility index (Phi) is 8.24. The molecular formula is C25H28N4O4. The first-order chi connectivity index (χ1) is 15.9. The summed E-state index contributed by atoms with van der Waals surface area (Å²) in [6, 6.07) is 17.4. The molecule has 0 saturated heterocycles. The molecule has 8 heteroatoms. The molecule has 0 atom stereocenters. The van der Waals surface area contributed by atoms with E-state index in [0.29, 0.717) is 35.0 Å². The number of nitrogens with one attached hydrogen (secondary N) is 4. The summed E-state index contributed by atoms with van der Waals surface area (Å²) in [5, 5.41) is 11.4. The second-order valence-corrected chi connectivity index (χ2v) is 7.97. The van der Waals surface area contributed by atoms with Gasteiger partial charge in [-0.2, -0.15) is 0 Å². The first-order valence-electron chi connectivity index (χ1n) is 10.7. The van der Waals surface area contributed by atoms with E-state index >= 15 is 0 Å². The summed E-state index contributed by atoms with van der Waals surface area (Å²) in [6.45, 7) is 4.32. The van der Waals surface area contributed by atoms with E-state index in [1.807, 2.05) is 13.8 Å². The van der Waals surface area contributed by atoms with Gasteiger partial charge in [0.05, 0.1) is 19.4 Å². The zero-order chi connectivity index (χ0) is 23.6. The highest BCUT2D eigenvalue weighted by molar-refractivity contribution is 5.98. The molecule has 0 aliphatic heterocycles. The normalized spacial score (nSPS) is 10.5. The van der Waals surface area contributed by atoms with Crippen molar-refractivity contribution in [3.05, 3.63) is 78.3 Å². The Bertz CT molecular complexity index is 1080. The predicted molar refractivity (Wildman–Crippen MR) is 128 cm³/mol. The van der Waals surface area contributed by atoms with Gasteiger partial charge < -0.3 is 25.7 Å². The van der Waals surface area contributed by atoms with Gasteiger partial charge in [-0.15, -0.1) is 0 Å². The van der Waals surface area contributed by atoms with Crippen LogP contribution in [0.2, 0.25) is 0 Å². The average Bonchev–Trinajstić information content (AvgIpc) is 3.30. The largest absolute Gasteiger partial charge is 0.467 e. The van der Waals surface area contributed by atoms with Crippen LogP contribution in [0, 0.1) is 5.92 Å². The lowest BCUT2D eigenvalue weighted by Gasteiger charge is -2.11. The Morgan fingerprint density at radius 2 is 1.58 bits per heavy atom. The van der Waals surface area contributed by atoms with Gasteiger partial charge in [0, 0.05) is 29.0 Å². The van der Waals surface area contributed by atoms with Gasteiger partial charge in [0.15, 0.2) is 0 Å².